The van der Waals surface area contributed by atoms with Gasteiger partial charge in [0.05, 0.1) is 25.2 Å². The van der Waals surface area contributed by atoms with Gasteiger partial charge in [0, 0.05) is 11.6 Å². The molecule has 6 heteroatoms. The molecule has 6 nitrogen and oxygen atoms in total. The molecule has 1 heterocycles. The molecule has 0 radical (unpaired) electrons. The Kier molecular flexibility index (Phi) is 5.55. The molecule has 0 spiro atoms. The van der Waals surface area contributed by atoms with E-state index < -0.39 is 10.8 Å². The first-order valence-electron chi connectivity index (χ1n) is 9.76. The van der Waals surface area contributed by atoms with E-state index >= 15 is 0 Å². The average molecular weight is 398 g/mol. The zero-order chi connectivity index (χ0) is 21.3. The van der Waals surface area contributed by atoms with Crippen molar-refractivity contribution in [2.45, 2.75) is 45.4 Å². The average Bonchev–Trinajstić information content (AvgIpc) is 2.74. The highest BCUT2D eigenvalue weighted by Gasteiger charge is 2.48. The summed E-state index contributed by atoms with van der Waals surface area (Å²) in [5.74, 6) is 1.09. The smallest absolute Gasteiger partial charge is 0.196 e. The number of rotatable bonds is 6. The van der Waals surface area contributed by atoms with Crippen LogP contribution in [0.15, 0.2) is 39.1 Å². The van der Waals surface area contributed by atoms with E-state index in [1.165, 1.54) is 13.2 Å². The van der Waals surface area contributed by atoms with Crippen LogP contribution in [-0.2, 0) is 10.2 Å². The van der Waals surface area contributed by atoms with E-state index in [1.807, 2.05) is 13.8 Å². The number of ether oxygens (including phenoxy) is 2. The second kappa shape index (κ2) is 7.78. The van der Waals surface area contributed by atoms with E-state index in [9.17, 15) is 14.7 Å². The first-order chi connectivity index (χ1) is 13.9. The number of Topliss-reactive ketones (excluding diaryl/α,β-unsaturated/α-hetero) is 1. The Morgan fingerprint density at radius 3 is 2.28 bits per heavy atom. The second-order valence-corrected chi connectivity index (χ2v) is 7.04. The van der Waals surface area contributed by atoms with Crippen molar-refractivity contribution in [3.05, 3.63) is 51.4 Å². The highest BCUT2D eigenvalue weighted by molar-refractivity contribution is 6.10. The molecule has 2 aromatic rings. The van der Waals surface area contributed by atoms with Crippen LogP contribution >= 0.6 is 0 Å². The highest BCUT2D eigenvalue weighted by atomic mass is 16.5. The maximum atomic E-state index is 13.3. The molecule has 0 saturated carbocycles. The topological polar surface area (TPSA) is 86.0 Å². The van der Waals surface area contributed by atoms with Gasteiger partial charge in [0.2, 0.25) is 0 Å². The van der Waals surface area contributed by atoms with E-state index in [0.29, 0.717) is 36.3 Å². The lowest BCUT2D eigenvalue weighted by atomic mass is 9.68. The SMILES string of the molecule is CCC1=C(O)c2c(oc(-c3cc(OC)ccc3OC)cc2=O)C(CC)(CC)C1=O. The third kappa shape index (κ3) is 3.03. The molecule has 0 bridgehead atoms. The van der Waals surface area contributed by atoms with Crippen molar-refractivity contribution in [1.29, 1.82) is 0 Å². The van der Waals surface area contributed by atoms with Crippen LogP contribution in [-0.4, -0.2) is 25.1 Å². The zero-order valence-electron chi connectivity index (χ0n) is 17.4. The van der Waals surface area contributed by atoms with Crippen LogP contribution in [0.25, 0.3) is 17.1 Å². The number of ketones is 1. The van der Waals surface area contributed by atoms with Crippen LogP contribution in [0, 0.1) is 0 Å². The Balaban J connectivity index is 2.39. The summed E-state index contributed by atoms with van der Waals surface area (Å²) >= 11 is 0. The van der Waals surface area contributed by atoms with Gasteiger partial charge in [0.25, 0.3) is 0 Å². The molecule has 1 aromatic carbocycles. The molecule has 3 rings (SSSR count). The summed E-state index contributed by atoms with van der Waals surface area (Å²) in [6.45, 7) is 5.57. The van der Waals surface area contributed by atoms with Crippen molar-refractivity contribution in [3.63, 3.8) is 0 Å². The second-order valence-electron chi connectivity index (χ2n) is 7.04. The molecule has 0 aliphatic heterocycles. The molecule has 1 aromatic heterocycles. The maximum absolute atomic E-state index is 13.3. The first-order valence-corrected chi connectivity index (χ1v) is 9.76. The molecule has 0 fully saturated rings. The molecule has 0 atom stereocenters. The van der Waals surface area contributed by atoms with Gasteiger partial charge in [0.15, 0.2) is 11.2 Å². The van der Waals surface area contributed by atoms with Crippen molar-refractivity contribution >= 4 is 11.5 Å². The van der Waals surface area contributed by atoms with Crippen LogP contribution in [0.5, 0.6) is 11.5 Å². The quantitative estimate of drug-likeness (QED) is 0.763. The minimum Gasteiger partial charge on any atom is -0.507 e. The van der Waals surface area contributed by atoms with Gasteiger partial charge in [-0.1, -0.05) is 20.8 Å². The summed E-state index contributed by atoms with van der Waals surface area (Å²) < 4.78 is 16.9. The minimum absolute atomic E-state index is 0.0794. The summed E-state index contributed by atoms with van der Waals surface area (Å²) in [5.41, 5.74) is -0.497. The van der Waals surface area contributed by atoms with Gasteiger partial charge in [-0.25, -0.2) is 0 Å². The summed E-state index contributed by atoms with van der Waals surface area (Å²) in [6, 6.07) is 6.50. The lowest BCUT2D eigenvalue weighted by Gasteiger charge is -2.35. The summed E-state index contributed by atoms with van der Waals surface area (Å²) in [6.07, 6.45) is 1.25. The molecule has 1 N–H and O–H groups in total. The Morgan fingerprint density at radius 2 is 1.72 bits per heavy atom. The predicted molar refractivity (Wildman–Crippen MR) is 111 cm³/mol. The van der Waals surface area contributed by atoms with Gasteiger partial charge in [-0.2, -0.15) is 0 Å². The number of hydrogen-bond donors (Lipinski definition) is 1. The van der Waals surface area contributed by atoms with E-state index in [4.69, 9.17) is 13.9 Å². The lowest BCUT2D eigenvalue weighted by molar-refractivity contribution is -0.122. The molecule has 0 amide bonds. The van der Waals surface area contributed by atoms with Gasteiger partial charge in [-0.15, -0.1) is 0 Å². The van der Waals surface area contributed by atoms with Crippen molar-refractivity contribution < 1.29 is 23.8 Å². The van der Waals surface area contributed by atoms with E-state index in [0.717, 1.165) is 0 Å². The van der Waals surface area contributed by atoms with Crippen LogP contribution in [0.4, 0.5) is 0 Å². The van der Waals surface area contributed by atoms with Gasteiger partial charge < -0.3 is 19.0 Å². The van der Waals surface area contributed by atoms with Gasteiger partial charge in [0.1, 0.15) is 34.3 Å². The van der Waals surface area contributed by atoms with E-state index in [-0.39, 0.29) is 34.2 Å². The number of allylic oxidation sites excluding steroid dienone is 1. The van der Waals surface area contributed by atoms with Crippen molar-refractivity contribution in [3.8, 4) is 22.8 Å². The van der Waals surface area contributed by atoms with E-state index in [1.54, 1.807) is 32.2 Å². The Hall–Kier alpha value is -3.02. The van der Waals surface area contributed by atoms with E-state index in [2.05, 4.69) is 0 Å². The number of aliphatic hydroxyl groups excluding tert-OH is 1. The maximum Gasteiger partial charge on any atom is 0.196 e. The highest BCUT2D eigenvalue weighted by Crippen LogP contribution is 2.45. The number of fused-ring (bicyclic) bond motifs is 1. The molecule has 29 heavy (non-hydrogen) atoms. The summed E-state index contributed by atoms with van der Waals surface area (Å²) in [7, 11) is 3.07. The largest absolute Gasteiger partial charge is 0.507 e. The Morgan fingerprint density at radius 1 is 1.03 bits per heavy atom. The molecule has 0 unspecified atom stereocenters. The first kappa shape index (κ1) is 20.7. The third-order valence-corrected chi connectivity index (χ3v) is 5.85. The fourth-order valence-electron chi connectivity index (χ4n) is 4.06. The molecule has 154 valence electrons. The van der Waals surface area contributed by atoms with Crippen molar-refractivity contribution in [2.24, 2.45) is 0 Å². The number of benzene rings is 1. The van der Waals surface area contributed by atoms with Gasteiger partial charge >= 0.3 is 0 Å². The standard InChI is InChI=1S/C23H26O6/c1-6-14-20(25)19-16(24)12-18(15-11-13(27-4)9-10-17(15)28-5)29-22(19)23(7-2,8-3)21(14)26/h9-12,25H,6-8H2,1-5H3. The van der Waals surface area contributed by atoms with Crippen LogP contribution < -0.4 is 14.9 Å². The Labute approximate surface area is 169 Å². The lowest BCUT2D eigenvalue weighted by Crippen LogP contribution is -2.41. The summed E-state index contributed by atoms with van der Waals surface area (Å²) in [5, 5.41) is 10.7. The third-order valence-electron chi connectivity index (χ3n) is 5.85. The fourth-order valence-corrected chi connectivity index (χ4v) is 4.06. The molecular weight excluding hydrogens is 372 g/mol. The normalized spacial score (nSPS) is 15.3. The molecule has 1 aliphatic rings. The molecular formula is C23H26O6. The summed E-state index contributed by atoms with van der Waals surface area (Å²) in [4.78, 5) is 26.3. The molecule has 1 aliphatic carbocycles. The minimum atomic E-state index is -0.992. The number of carbonyl (C=O) groups is 1. The predicted octanol–water partition coefficient (Wildman–Crippen LogP) is 4.64. The van der Waals surface area contributed by atoms with Gasteiger partial charge in [-0.3, -0.25) is 9.59 Å². The van der Waals surface area contributed by atoms with Crippen LogP contribution in [0.2, 0.25) is 0 Å². The van der Waals surface area contributed by atoms with Gasteiger partial charge in [-0.05, 0) is 37.5 Å². The van der Waals surface area contributed by atoms with Crippen molar-refractivity contribution in [2.75, 3.05) is 14.2 Å². The van der Waals surface area contributed by atoms with Crippen molar-refractivity contribution in [1.82, 2.24) is 0 Å². The Bertz CT molecular complexity index is 1040. The fraction of sp³-hybridized carbons (Fsp3) is 0.391. The van der Waals surface area contributed by atoms with Crippen LogP contribution in [0.3, 0.4) is 0 Å². The van der Waals surface area contributed by atoms with Crippen LogP contribution in [0.1, 0.15) is 51.4 Å². The number of carbonyl (C=O) groups excluding carboxylic acids is 1. The zero-order valence-corrected chi connectivity index (χ0v) is 17.4. The number of aliphatic hydroxyl groups is 1. The number of methoxy groups -OCH3 is 2. The number of hydrogen-bond acceptors (Lipinski definition) is 6. The molecule has 0 saturated heterocycles. The monoisotopic (exact) mass is 398 g/mol.